The molecule has 0 bridgehead atoms. The maximum atomic E-state index is 13.3. The molecule has 0 aliphatic rings. The van der Waals surface area contributed by atoms with Gasteiger partial charge in [0.25, 0.3) is 0 Å². The Kier molecular flexibility index (Phi) is 8.38. The molecule has 0 aliphatic heterocycles. The number of benzene rings is 3. The van der Waals surface area contributed by atoms with Gasteiger partial charge < -0.3 is 10.6 Å². The molecule has 5 nitrogen and oxygen atoms in total. The van der Waals surface area contributed by atoms with Crippen molar-refractivity contribution in [1.29, 1.82) is 0 Å². The SMILES string of the molecule is CC(C)c1cccc(C(C)C)c1NC(=O)Nc1cnc(-c2cc(Cl)cc(Cl)c2)nc1-c1ccccc1Cl. The molecule has 0 unspecified atom stereocenters. The molecule has 0 aliphatic carbocycles. The van der Waals surface area contributed by atoms with Crippen LogP contribution in [0.25, 0.3) is 22.6 Å². The molecule has 0 radical (unpaired) electrons. The summed E-state index contributed by atoms with van der Waals surface area (Å²) >= 11 is 18.9. The minimum absolute atomic E-state index is 0.236. The molecule has 0 spiro atoms. The van der Waals surface area contributed by atoms with E-state index < -0.39 is 6.03 Å². The van der Waals surface area contributed by atoms with Crippen molar-refractivity contribution < 1.29 is 4.79 Å². The number of hydrogen-bond donors (Lipinski definition) is 2. The van der Waals surface area contributed by atoms with E-state index in [-0.39, 0.29) is 11.8 Å². The van der Waals surface area contributed by atoms with Crippen LogP contribution in [0.3, 0.4) is 0 Å². The third-order valence-electron chi connectivity index (χ3n) is 5.90. The lowest BCUT2D eigenvalue weighted by molar-refractivity contribution is 0.262. The van der Waals surface area contributed by atoms with Crippen molar-refractivity contribution in [2.24, 2.45) is 0 Å². The highest BCUT2D eigenvalue weighted by molar-refractivity contribution is 6.35. The van der Waals surface area contributed by atoms with Gasteiger partial charge in [-0.05, 0) is 47.2 Å². The molecule has 0 saturated heterocycles. The predicted molar refractivity (Wildman–Crippen MR) is 155 cm³/mol. The molecule has 2 amide bonds. The monoisotopic (exact) mass is 552 g/mol. The summed E-state index contributed by atoms with van der Waals surface area (Å²) in [5.41, 5.74) is 5.14. The zero-order valence-corrected chi connectivity index (χ0v) is 23.2. The van der Waals surface area contributed by atoms with Crippen molar-refractivity contribution in [2.45, 2.75) is 39.5 Å². The molecular formula is C29H27Cl3N4O. The fraction of sp³-hybridized carbons (Fsp3) is 0.207. The number of rotatable bonds is 6. The topological polar surface area (TPSA) is 66.9 Å². The number of halogens is 3. The minimum atomic E-state index is -0.398. The first-order valence-corrected chi connectivity index (χ1v) is 13.1. The Labute approximate surface area is 232 Å². The van der Waals surface area contributed by atoms with Gasteiger partial charge in [-0.25, -0.2) is 14.8 Å². The first-order valence-electron chi connectivity index (χ1n) is 11.9. The molecule has 0 atom stereocenters. The maximum Gasteiger partial charge on any atom is 0.323 e. The number of amides is 2. The van der Waals surface area contributed by atoms with Crippen molar-refractivity contribution in [3.63, 3.8) is 0 Å². The second-order valence-corrected chi connectivity index (χ2v) is 10.6. The summed E-state index contributed by atoms with van der Waals surface area (Å²) in [5, 5.41) is 7.43. The Bertz CT molecular complexity index is 1410. The van der Waals surface area contributed by atoms with Crippen molar-refractivity contribution in [3.8, 4) is 22.6 Å². The lowest BCUT2D eigenvalue weighted by Gasteiger charge is -2.21. The van der Waals surface area contributed by atoms with Crippen LogP contribution in [0.15, 0.2) is 66.9 Å². The highest BCUT2D eigenvalue weighted by Crippen LogP contribution is 2.35. The number of aromatic nitrogens is 2. The number of urea groups is 1. The van der Waals surface area contributed by atoms with Crippen LogP contribution in [-0.2, 0) is 0 Å². The van der Waals surface area contributed by atoms with Crippen LogP contribution in [0.5, 0.6) is 0 Å². The predicted octanol–water partition coefficient (Wildman–Crippen LogP) is 9.66. The van der Waals surface area contributed by atoms with E-state index >= 15 is 0 Å². The van der Waals surface area contributed by atoms with Crippen molar-refractivity contribution in [1.82, 2.24) is 9.97 Å². The molecule has 0 saturated carbocycles. The molecule has 190 valence electrons. The highest BCUT2D eigenvalue weighted by atomic mass is 35.5. The van der Waals surface area contributed by atoms with Gasteiger partial charge in [0.2, 0.25) is 0 Å². The quantitative estimate of drug-likeness (QED) is 0.250. The molecule has 0 fully saturated rings. The van der Waals surface area contributed by atoms with Gasteiger partial charge in [-0.1, -0.05) is 98.9 Å². The Balaban J connectivity index is 1.75. The number of anilines is 2. The normalized spacial score (nSPS) is 11.2. The molecule has 1 aromatic heterocycles. The molecule has 2 N–H and O–H groups in total. The first kappa shape index (κ1) is 26.9. The number of carbonyl (C=O) groups excluding carboxylic acids is 1. The third kappa shape index (κ3) is 6.24. The zero-order valence-electron chi connectivity index (χ0n) is 20.9. The van der Waals surface area contributed by atoms with Crippen LogP contribution in [0.4, 0.5) is 16.2 Å². The molecule has 1 heterocycles. The van der Waals surface area contributed by atoms with E-state index in [1.807, 2.05) is 36.4 Å². The average molecular weight is 554 g/mol. The second-order valence-electron chi connectivity index (χ2n) is 9.29. The van der Waals surface area contributed by atoms with E-state index in [0.717, 1.165) is 16.8 Å². The lowest BCUT2D eigenvalue weighted by atomic mass is 9.93. The number of carbonyl (C=O) groups is 1. The van der Waals surface area contributed by atoms with Gasteiger partial charge in [-0.2, -0.15) is 0 Å². The molecule has 3 aromatic carbocycles. The summed E-state index contributed by atoms with van der Waals surface area (Å²) < 4.78 is 0. The fourth-order valence-corrected chi connectivity index (χ4v) is 4.87. The van der Waals surface area contributed by atoms with E-state index in [9.17, 15) is 4.79 Å². The molecule has 4 rings (SSSR count). The largest absolute Gasteiger partial charge is 0.323 e. The van der Waals surface area contributed by atoms with E-state index in [1.54, 1.807) is 30.5 Å². The van der Waals surface area contributed by atoms with Gasteiger partial charge in [0.05, 0.1) is 22.6 Å². The van der Waals surface area contributed by atoms with Crippen LogP contribution in [-0.4, -0.2) is 16.0 Å². The van der Waals surface area contributed by atoms with Crippen molar-refractivity contribution >= 4 is 52.2 Å². The summed E-state index contributed by atoms with van der Waals surface area (Å²) in [5.74, 6) is 0.872. The molecule has 8 heteroatoms. The van der Waals surface area contributed by atoms with E-state index in [1.165, 1.54) is 0 Å². The van der Waals surface area contributed by atoms with E-state index in [0.29, 0.717) is 43.4 Å². The highest BCUT2D eigenvalue weighted by Gasteiger charge is 2.19. The van der Waals surface area contributed by atoms with Crippen molar-refractivity contribution in [2.75, 3.05) is 10.6 Å². The van der Waals surface area contributed by atoms with Crippen LogP contribution in [0.2, 0.25) is 15.1 Å². The fourth-order valence-electron chi connectivity index (χ4n) is 4.12. The van der Waals surface area contributed by atoms with Gasteiger partial charge in [-0.15, -0.1) is 0 Å². The Morgan fingerprint density at radius 1 is 0.811 bits per heavy atom. The molecule has 4 aromatic rings. The van der Waals surface area contributed by atoms with Crippen molar-refractivity contribution in [3.05, 3.63) is 93.1 Å². The number of hydrogen-bond acceptors (Lipinski definition) is 3. The van der Waals surface area contributed by atoms with Gasteiger partial charge >= 0.3 is 6.03 Å². The first-order chi connectivity index (χ1) is 17.6. The second kappa shape index (κ2) is 11.5. The van der Waals surface area contributed by atoms with Gasteiger partial charge in [-0.3, -0.25) is 0 Å². The minimum Gasteiger partial charge on any atom is -0.307 e. The van der Waals surface area contributed by atoms with Gasteiger partial charge in [0, 0.05) is 26.9 Å². The zero-order chi connectivity index (χ0) is 26.7. The Hall–Kier alpha value is -3.12. The third-order valence-corrected chi connectivity index (χ3v) is 6.66. The lowest BCUT2D eigenvalue weighted by Crippen LogP contribution is -2.22. The molecular weight excluding hydrogens is 527 g/mol. The van der Waals surface area contributed by atoms with E-state index in [2.05, 4.69) is 43.3 Å². The summed E-state index contributed by atoms with van der Waals surface area (Å²) in [6, 6.07) is 18.1. The maximum absolute atomic E-state index is 13.3. The number of nitrogens with one attached hydrogen (secondary N) is 2. The van der Waals surface area contributed by atoms with Crippen LogP contribution in [0, 0.1) is 0 Å². The van der Waals surface area contributed by atoms with E-state index in [4.69, 9.17) is 39.8 Å². The van der Waals surface area contributed by atoms with Crippen LogP contribution in [0.1, 0.15) is 50.7 Å². The Morgan fingerprint density at radius 3 is 2.03 bits per heavy atom. The summed E-state index contributed by atoms with van der Waals surface area (Å²) in [7, 11) is 0. The Morgan fingerprint density at radius 2 is 1.43 bits per heavy atom. The summed E-state index contributed by atoms with van der Waals surface area (Å²) in [4.78, 5) is 22.5. The van der Waals surface area contributed by atoms with Gasteiger partial charge in [0.1, 0.15) is 0 Å². The smallest absolute Gasteiger partial charge is 0.307 e. The summed E-state index contributed by atoms with van der Waals surface area (Å²) in [6.07, 6.45) is 1.56. The van der Waals surface area contributed by atoms with Crippen LogP contribution >= 0.6 is 34.8 Å². The summed E-state index contributed by atoms with van der Waals surface area (Å²) in [6.45, 7) is 8.42. The standard InChI is InChI=1S/C29H27Cl3N4O/c1-16(2)21-9-7-10-22(17(3)4)26(21)36-29(37)34-25-15-33-28(18-12-19(30)14-20(31)13-18)35-27(25)23-8-5-6-11-24(23)32/h5-17H,1-4H3,(H2,34,36,37). The molecule has 37 heavy (non-hydrogen) atoms. The van der Waals surface area contributed by atoms with Crippen LogP contribution < -0.4 is 10.6 Å². The number of nitrogens with zero attached hydrogens (tertiary/aromatic N) is 2. The van der Waals surface area contributed by atoms with Gasteiger partial charge in [0.15, 0.2) is 5.82 Å². The average Bonchev–Trinajstić information content (AvgIpc) is 2.84. The number of para-hydroxylation sites is 1.